The van der Waals surface area contributed by atoms with Crippen molar-refractivity contribution in [2.75, 3.05) is 13.2 Å². The Morgan fingerprint density at radius 1 is 0.414 bits per heavy atom. The fourth-order valence-corrected chi connectivity index (χ4v) is 7.36. The smallest absolute Gasteiger partial charge is 0.337 e. The summed E-state index contributed by atoms with van der Waals surface area (Å²) in [5.41, 5.74) is 0. The number of hydrogen-bond donors (Lipinski definition) is 0. The molecule has 0 saturated carbocycles. The Balaban J connectivity index is 3.33. The molecule has 3 heteroatoms. The van der Waals surface area contributed by atoms with Gasteiger partial charge in [0.05, 0.1) is 0 Å². The predicted molar refractivity (Wildman–Crippen MR) is 133 cm³/mol. The van der Waals surface area contributed by atoms with Crippen molar-refractivity contribution in [2.24, 2.45) is 0 Å². The molecular formula is C26H56O2Si. The summed E-state index contributed by atoms with van der Waals surface area (Å²) < 4.78 is 12.1. The number of rotatable bonds is 24. The summed E-state index contributed by atoms with van der Waals surface area (Å²) in [5, 5.41) is 0. The van der Waals surface area contributed by atoms with Gasteiger partial charge in [-0.25, -0.2) is 0 Å². The van der Waals surface area contributed by atoms with Gasteiger partial charge in [-0.3, -0.25) is 0 Å². The van der Waals surface area contributed by atoms with Gasteiger partial charge >= 0.3 is 8.56 Å². The van der Waals surface area contributed by atoms with E-state index in [0.717, 1.165) is 19.3 Å². The first-order chi connectivity index (χ1) is 14.2. The zero-order valence-electron chi connectivity index (χ0n) is 20.9. The van der Waals surface area contributed by atoms with E-state index < -0.39 is 8.56 Å². The van der Waals surface area contributed by atoms with E-state index in [1.165, 1.54) is 122 Å². The maximum absolute atomic E-state index is 6.07. The minimum absolute atomic E-state index is 0.805. The zero-order chi connectivity index (χ0) is 21.5. The molecule has 0 aliphatic heterocycles. The second-order valence-corrected chi connectivity index (χ2v) is 12.5. The average Bonchev–Trinajstić information content (AvgIpc) is 2.73. The monoisotopic (exact) mass is 428 g/mol. The predicted octanol–water partition coefficient (Wildman–Crippen LogP) is 9.56. The van der Waals surface area contributed by atoms with Crippen molar-refractivity contribution >= 4 is 8.56 Å². The van der Waals surface area contributed by atoms with Crippen molar-refractivity contribution in [3.05, 3.63) is 0 Å². The summed E-state index contributed by atoms with van der Waals surface area (Å²) in [6.07, 6.45) is 25.8. The Bertz CT molecular complexity index is 303. The molecule has 0 aromatic heterocycles. The van der Waals surface area contributed by atoms with Crippen LogP contribution in [0.5, 0.6) is 0 Å². The van der Waals surface area contributed by atoms with Crippen LogP contribution < -0.4 is 0 Å². The highest BCUT2D eigenvalue weighted by Crippen LogP contribution is 2.23. The Hall–Kier alpha value is 0.137. The third-order valence-corrected chi connectivity index (χ3v) is 10.1. The van der Waals surface area contributed by atoms with E-state index in [1.54, 1.807) is 0 Å². The van der Waals surface area contributed by atoms with Crippen LogP contribution in [0.3, 0.4) is 0 Å². The quantitative estimate of drug-likeness (QED) is 0.112. The first-order valence-electron chi connectivity index (χ1n) is 13.5. The third-order valence-electron chi connectivity index (χ3n) is 6.26. The van der Waals surface area contributed by atoms with E-state index in [9.17, 15) is 0 Å². The molecule has 176 valence electrons. The topological polar surface area (TPSA) is 18.5 Å². The molecular weight excluding hydrogens is 372 g/mol. The van der Waals surface area contributed by atoms with Crippen molar-refractivity contribution in [1.82, 2.24) is 0 Å². The molecule has 0 saturated heterocycles. The van der Waals surface area contributed by atoms with Crippen molar-refractivity contribution in [3.63, 3.8) is 0 Å². The van der Waals surface area contributed by atoms with Gasteiger partial charge in [-0.2, -0.15) is 0 Å². The van der Waals surface area contributed by atoms with Gasteiger partial charge in [-0.1, -0.05) is 129 Å². The largest absolute Gasteiger partial charge is 0.394 e. The Morgan fingerprint density at radius 3 is 1.00 bits per heavy atom. The lowest BCUT2D eigenvalue weighted by atomic mass is 10.0. The van der Waals surface area contributed by atoms with Crippen LogP contribution in [0.4, 0.5) is 0 Å². The summed E-state index contributed by atoms with van der Waals surface area (Å²) in [4.78, 5) is 0. The maximum atomic E-state index is 6.07. The lowest BCUT2D eigenvalue weighted by Gasteiger charge is -2.28. The van der Waals surface area contributed by atoms with Crippen LogP contribution in [0.25, 0.3) is 0 Å². The van der Waals surface area contributed by atoms with Gasteiger partial charge in [0.2, 0.25) is 0 Å². The molecule has 0 atom stereocenters. The third kappa shape index (κ3) is 18.6. The standard InChI is InChI=1S/C26H56O2Si/c1-5-9-10-11-12-13-14-15-16-17-18-19-20-21-22-23-24-25-26-29(8-4,27-6-2)28-7-3/h5-26H2,1-4H3. The highest BCUT2D eigenvalue weighted by Gasteiger charge is 2.33. The Morgan fingerprint density at radius 2 is 0.724 bits per heavy atom. The molecule has 0 aliphatic rings. The second-order valence-electron chi connectivity index (χ2n) is 8.89. The lowest BCUT2D eigenvalue weighted by molar-refractivity contribution is 0.182. The van der Waals surface area contributed by atoms with Gasteiger partial charge in [0, 0.05) is 13.2 Å². The highest BCUT2D eigenvalue weighted by atomic mass is 28.4. The fraction of sp³-hybridized carbons (Fsp3) is 1.00. The molecule has 0 rings (SSSR count). The summed E-state index contributed by atoms with van der Waals surface area (Å²) in [6, 6.07) is 2.28. The molecule has 0 heterocycles. The number of unbranched alkanes of at least 4 members (excludes halogenated alkanes) is 17. The summed E-state index contributed by atoms with van der Waals surface area (Å²) >= 11 is 0. The summed E-state index contributed by atoms with van der Waals surface area (Å²) in [6.45, 7) is 10.4. The molecule has 2 nitrogen and oxygen atoms in total. The van der Waals surface area contributed by atoms with Gasteiger partial charge in [0.15, 0.2) is 0 Å². The molecule has 0 fully saturated rings. The van der Waals surface area contributed by atoms with Crippen LogP contribution in [-0.2, 0) is 8.85 Å². The minimum atomic E-state index is -1.88. The van der Waals surface area contributed by atoms with Crippen LogP contribution in [0, 0.1) is 0 Å². The summed E-state index contributed by atoms with van der Waals surface area (Å²) in [5.74, 6) is 0. The molecule has 0 spiro atoms. The highest BCUT2D eigenvalue weighted by molar-refractivity contribution is 6.67. The van der Waals surface area contributed by atoms with Crippen molar-refractivity contribution in [3.8, 4) is 0 Å². The summed E-state index contributed by atoms with van der Waals surface area (Å²) in [7, 11) is -1.88. The van der Waals surface area contributed by atoms with E-state index in [1.807, 2.05) is 0 Å². The first-order valence-corrected chi connectivity index (χ1v) is 15.8. The van der Waals surface area contributed by atoms with E-state index in [2.05, 4.69) is 27.7 Å². The van der Waals surface area contributed by atoms with Crippen molar-refractivity contribution in [2.45, 2.75) is 155 Å². The molecule has 0 aromatic carbocycles. The zero-order valence-corrected chi connectivity index (χ0v) is 21.9. The van der Waals surface area contributed by atoms with Crippen molar-refractivity contribution < 1.29 is 8.85 Å². The van der Waals surface area contributed by atoms with Gasteiger partial charge in [-0.05, 0) is 25.9 Å². The SMILES string of the molecule is CCCCCCCCCCCCCCCCCCCC[Si](CC)(OCC)OCC. The molecule has 29 heavy (non-hydrogen) atoms. The van der Waals surface area contributed by atoms with Crippen LogP contribution in [-0.4, -0.2) is 21.8 Å². The first kappa shape index (κ1) is 29.1. The van der Waals surface area contributed by atoms with Crippen LogP contribution in [0.15, 0.2) is 0 Å². The lowest BCUT2D eigenvalue weighted by Crippen LogP contribution is -2.41. The van der Waals surface area contributed by atoms with Gasteiger partial charge in [0.25, 0.3) is 0 Å². The molecule has 0 amide bonds. The van der Waals surface area contributed by atoms with Crippen molar-refractivity contribution in [1.29, 1.82) is 0 Å². The van der Waals surface area contributed by atoms with Crippen LogP contribution >= 0.6 is 0 Å². The number of hydrogen-bond acceptors (Lipinski definition) is 2. The normalized spacial score (nSPS) is 12.0. The molecule has 0 bridgehead atoms. The fourth-order valence-electron chi connectivity index (χ4n) is 4.39. The molecule has 0 N–H and O–H groups in total. The van der Waals surface area contributed by atoms with Gasteiger partial charge in [-0.15, -0.1) is 0 Å². The molecule has 0 radical (unpaired) electrons. The van der Waals surface area contributed by atoms with E-state index in [0.29, 0.717) is 0 Å². The van der Waals surface area contributed by atoms with Gasteiger partial charge < -0.3 is 8.85 Å². The molecule has 0 aliphatic carbocycles. The average molecular weight is 429 g/mol. The molecule has 0 aromatic rings. The van der Waals surface area contributed by atoms with Gasteiger partial charge in [0.1, 0.15) is 0 Å². The van der Waals surface area contributed by atoms with E-state index in [4.69, 9.17) is 8.85 Å². The molecule has 0 unspecified atom stereocenters. The minimum Gasteiger partial charge on any atom is -0.394 e. The van der Waals surface area contributed by atoms with Crippen LogP contribution in [0.2, 0.25) is 12.1 Å². The van der Waals surface area contributed by atoms with E-state index in [-0.39, 0.29) is 0 Å². The maximum Gasteiger partial charge on any atom is 0.337 e. The second kappa shape index (κ2) is 22.8. The van der Waals surface area contributed by atoms with E-state index >= 15 is 0 Å². The van der Waals surface area contributed by atoms with Crippen LogP contribution in [0.1, 0.15) is 143 Å². The Labute approximate surface area is 186 Å². The Kier molecular flexibility index (Phi) is 22.9.